The zero-order chi connectivity index (χ0) is 21.5. The maximum absolute atomic E-state index is 12.1. The average Bonchev–Trinajstić information content (AvgIpc) is 2.74. The van der Waals surface area contributed by atoms with E-state index in [2.05, 4.69) is 11.1 Å². The fourth-order valence-electron chi connectivity index (χ4n) is 2.86. The number of para-hydroxylation sites is 2. The standard InChI is InChI=1S/C13H9NO2.C9H8O.CHCl3/c1-8-6-11-12(14-7-8)13(15)9-4-2-3-5-10(9)16-11;1-2-6-9-8(4-1)5-3-7-10-9;2-1(3)4/h2-7H,1H3;1-4,6-7H,5H2;1H. The van der Waals surface area contributed by atoms with Gasteiger partial charge in [-0.05, 0) is 54.8 Å². The van der Waals surface area contributed by atoms with Gasteiger partial charge in [0.15, 0.2) is 15.4 Å². The Bertz CT molecular complexity index is 1210. The number of halogens is 3. The Morgan fingerprint density at radius 3 is 2.47 bits per heavy atom. The monoisotopic (exact) mass is 461 g/mol. The first kappa shape index (κ1) is 22.2. The molecule has 2 aromatic heterocycles. The Balaban J connectivity index is 0.000000156. The van der Waals surface area contributed by atoms with Crippen molar-refractivity contribution in [2.45, 2.75) is 17.6 Å². The number of aromatic nitrogens is 1. The van der Waals surface area contributed by atoms with E-state index in [4.69, 9.17) is 44.0 Å². The van der Waals surface area contributed by atoms with Crippen molar-refractivity contribution in [3.63, 3.8) is 0 Å². The Morgan fingerprint density at radius 2 is 1.70 bits per heavy atom. The summed E-state index contributed by atoms with van der Waals surface area (Å²) in [6, 6.07) is 17.1. The van der Waals surface area contributed by atoms with Gasteiger partial charge in [-0.15, -0.1) is 0 Å². The molecule has 0 saturated carbocycles. The van der Waals surface area contributed by atoms with E-state index in [1.165, 1.54) is 5.56 Å². The van der Waals surface area contributed by atoms with Gasteiger partial charge in [-0.25, -0.2) is 4.98 Å². The predicted molar refractivity (Wildman–Crippen MR) is 124 cm³/mol. The van der Waals surface area contributed by atoms with E-state index in [9.17, 15) is 4.79 Å². The van der Waals surface area contributed by atoms with Crippen LogP contribution in [0.25, 0.3) is 22.1 Å². The first-order valence-corrected chi connectivity index (χ1v) is 10.4. The Morgan fingerprint density at radius 1 is 1.00 bits per heavy atom. The number of benzene rings is 2. The summed E-state index contributed by atoms with van der Waals surface area (Å²) in [6.45, 7) is 1.92. The second-order valence-corrected chi connectivity index (χ2v) is 8.32. The third-order valence-electron chi connectivity index (χ3n) is 4.16. The third-order valence-corrected chi connectivity index (χ3v) is 4.16. The molecule has 0 fully saturated rings. The molecule has 0 aliphatic carbocycles. The first-order chi connectivity index (χ1) is 14.5. The number of aryl methyl sites for hydroxylation is 1. The molecule has 1 aliphatic rings. The lowest BCUT2D eigenvalue weighted by Gasteiger charge is -2.09. The van der Waals surface area contributed by atoms with E-state index in [1.54, 1.807) is 24.6 Å². The molecule has 30 heavy (non-hydrogen) atoms. The largest absolute Gasteiger partial charge is 0.465 e. The van der Waals surface area contributed by atoms with Crippen LogP contribution in [0.1, 0.15) is 11.1 Å². The van der Waals surface area contributed by atoms with Gasteiger partial charge < -0.3 is 9.15 Å². The quantitative estimate of drug-likeness (QED) is 0.214. The van der Waals surface area contributed by atoms with E-state index in [-0.39, 0.29) is 5.43 Å². The molecule has 2 aromatic carbocycles. The average molecular weight is 463 g/mol. The van der Waals surface area contributed by atoms with Crippen LogP contribution in [-0.4, -0.2) is 9.28 Å². The molecule has 0 unspecified atom stereocenters. The topological polar surface area (TPSA) is 52.3 Å². The number of alkyl halides is 3. The van der Waals surface area contributed by atoms with Gasteiger partial charge in [-0.3, -0.25) is 4.79 Å². The van der Waals surface area contributed by atoms with Crippen LogP contribution >= 0.6 is 34.8 Å². The summed E-state index contributed by atoms with van der Waals surface area (Å²) in [6.07, 6.45) is 6.43. The lowest BCUT2D eigenvalue weighted by atomic mass is 10.1. The number of nitrogens with zero attached hydrogens (tertiary/aromatic N) is 1. The third kappa shape index (κ3) is 5.76. The number of rotatable bonds is 0. The highest BCUT2D eigenvalue weighted by Crippen LogP contribution is 2.21. The van der Waals surface area contributed by atoms with Crippen LogP contribution < -0.4 is 10.2 Å². The normalized spacial score (nSPS) is 11.8. The SMILES string of the molecule is C1=COc2ccccc2C1.Cc1cnc2c(=O)c3ccccc3oc2c1.ClC(Cl)Cl. The molecule has 0 spiro atoms. The van der Waals surface area contributed by atoms with Gasteiger partial charge in [0, 0.05) is 6.20 Å². The summed E-state index contributed by atoms with van der Waals surface area (Å²) in [4.78, 5) is 16.2. The van der Waals surface area contributed by atoms with E-state index in [1.807, 2.05) is 49.4 Å². The van der Waals surface area contributed by atoms with Crippen molar-refractivity contribution in [2.75, 3.05) is 0 Å². The molecule has 4 nitrogen and oxygen atoms in total. The molecule has 7 heteroatoms. The van der Waals surface area contributed by atoms with Crippen molar-refractivity contribution in [1.29, 1.82) is 0 Å². The lowest BCUT2D eigenvalue weighted by Crippen LogP contribution is -2.03. The molecule has 0 radical (unpaired) electrons. The van der Waals surface area contributed by atoms with Crippen LogP contribution in [0.2, 0.25) is 0 Å². The second-order valence-electron chi connectivity index (χ2n) is 6.34. The van der Waals surface area contributed by atoms with Gasteiger partial charge in [0.05, 0.1) is 11.6 Å². The van der Waals surface area contributed by atoms with Gasteiger partial charge in [0.1, 0.15) is 11.3 Å². The minimum Gasteiger partial charge on any atom is -0.465 e. The maximum Gasteiger partial charge on any atom is 0.218 e. The fourth-order valence-corrected chi connectivity index (χ4v) is 2.86. The molecule has 0 amide bonds. The molecule has 0 bridgehead atoms. The van der Waals surface area contributed by atoms with E-state index >= 15 is 0 Å². The lowest BCUT2D eigenvalue weighted by molar-refractivity contribution is 0.464. The number of fused-ring (bicyclic) bond motifs is 3. The van der Waals surface area contributed by atoms with Crippen molar-refractivity contribution < 1.29 is 9.15 Å². The second kappa shape index (κ2) is 10.5. The van der Waals surface area contributed by atoms with Crippen LogP contribution in [0.15, 0.2) is 82.3 Å². The number of hydrogen-bond donors (Lipinski definition) is 0. The minimum atomic E-state index is -0.750. The van der Waals surface area contributed by atoms with Gasteiger partial charge in [0.25, 0.3) is 0 Å². The molecule has 154 valence electrons. The number of allylic oxidation sites excluding steroid dienone is 1. The number of hydrogen-bond acceptors (Lipinski definition) is 4. The van der Waals surface area contributed by atoms with E-state index in [0.29, 0.717) is 22.1 Å². The van der Waals surface area contributed by atoms with Crippen molar-refractivity contribution in [1.82, 2.24) is 4.98 Å². The van der Waals surface area contributed by atoms with Crippen LogP contribution in [0, 0.1) is 6.92 Å². The molecule has 1 aliphatic heterocycles. The summed E-state index contributed by atoms with van der Waals surface area (Å²) in [7, 11) is 0. The van der Waals surface area contributed by atoms with Gasteiger partial charge in [-0.1, -0.05) is 65.1 Å². The van der Waals surface area contributed by atoms with Gasteiger partial charge in [0.2, 0.25) is 5.43 Å². The smallest absolute Gasteiger partial charge is 0.218 e. The highest BCUT2D eigenvalue weighted by Gasteiger charge is 2.07. The van der Waals surface area contributed by atoms with E-state index < -0.39 is 4.30 Å². The maximum atomic E-state index is 12.1. The van der Waals surface area contributed by atoms with Crippen LogP contribution in [0.4, 0.5) is 0 Å². The van der Waals surface area contributed by atoms with Gasteiger partial charge in [-0.2, -0.15) is 0 Å². The van der Waals surface area contributed by atoms with Crippen molar-refractivity contribution in [3.8, 4) is 5.75 Å². The molecule has 0 atom stereocenters. The van der Waals surface area contributed by atoms with Crippen LogP contribution in [0.5, 0.6) is 5.75 Å². The summed E-state index contributed by atoms with van der Waals surface area (Å²) in [5.41, 5.74) is 3.72. The highest BCUT2D eigenvalue weighted by molar-refractivity contribution is 6.63. The summed E-state index contributed by atoms with van der Waals surface area (Å²) < 4.78 is 10.1. The molecule has 0 N–H and O–H groups in total. The summed E-state index contributed by atoms with van der Waals surface area (Å²) in [5.74, 6) is 0.991. The summed E-state index contributed by atoms with van der Waals surface area (Å²) in [5, 5.41) is 0.575. The molecule has 0 saturated heterocycles. The molecule has 4 aromatic rings. The van der Waals surface area contributed by atoms with Crippen molar-refractivity contribution in [3.05, 3.63) is 94.5 Å². The zero-order valence-corrected chi connectivity index (χ0v) is 18.3. The van der Waals surface area contributed by atoms with Crippen molar-refractivity contribution >= 4 is 56.9 Å². The minimum absolute atomic E-state index is 0.0724. The molecule has 5 rings (SSSR count). The Hall–Kier alpha value is -2.53. The van der Waals surface area contributed by atoms with Crippen LogP contribution in [0.3, 0.4) is 0 Å². The van der Waals surface area contributed by atoms with Gasteiger partial charge >= 0.3 is 0 Å². The Kier molecular flexibility index (Phi) is 7.75. The predicted octanol–water partition coefficient (Wildman–Crippen LogP) is 6.77. The number of ether oxygens (including phenoxy) is 1. The molecular weight excluding hydrogens is 445 g/mol. The molecule has 3 heterocycles. The first-order valence-electron chi connectivity index (χ1n) is 9.05. The zero-order valence-electron chi connectivity index (χ0n) is 16.0. The summed E-state index contributed by atoms with van der Waals surface area (Å²) >= 11 is 14.4. The van der Waals surface area contributed by atoms with Crippen molar-refractivity contribution in [2.24, 2.45) is 0 Å². The highest BCUT2D eigenvalue weighted by atomic mass is 35.6. The van der Waals surface area contributed by atoms with Crippen LogP contribution in [-0.2, 0) is 6.42 Å². The number of pyridine rings is 1. The molecular formula is C23H18Cl3NO3. The fraction of sp³-hybridized carbons (Fsp3) is 0.130. The van der Waals surface area contributed by atoms with E-state index in [0.717, 1.165) is 17.7 Å². The Labute approximate surface area is 188 Å².